The van der Waals surface area contributed by atoms with Gasteiger partial charge in [0.05, 0.1) is 19.1 Å². The van der Waals surface area contributed by atoms with Crippen LogP contribution in [0, 0.1) is 0 Å². The van der Waals surface area contributed by atoms with E-state index >= 15 is 0 Å². The van der Waals surface area contributed by atoms with Gasteiger partial charge in [0.1, 0.15) is 31.8 Å². The fraction of sp³-hybridized carbons (Fsp3) is 0.667. The molecule has 0 radical (unpaired) electrons. The summed E-state index contributed by atoms with van der Waals surface area (Å²) >= 11 is 6.29. The van der Waals surface area contributed by atoms with Crippen LogP contribution in [0.4, 0.5) is 0 Å². The quantitative estimate of drug-likeness (QED) is 0.832. The lowest BCUT2D eigenvalue weighted by Gasteiger charge is -2.39. The van der Waals surface area contributed by atoms with Crippen LogP contribution in [-0.4, -0.2) is 44.4 Å². The third kappa shape index (κ3) is 4.02. The minimum absolute atomic E-state index is 0.409. The number of ether oxygens (including phenoxy) is 1. The number of quaternary nitrogens is 2. The Bertz CT molecular complexity index is 478. The molecule has 3 atom stereocenters. The van der Waals surface area contributed by atoms with Crippen molar-refractivity contribution in [3.63, 3.8) is 0 Å². The van der Waals surface area contributed by atoms with E-state index in [0.717, 1.165) is 17.6 Å². The van der Waals surface area contributed by atoms with Gasteiger partial charge in [-0.25, -0.2) is 0 Å². The Hall–Kier alpha value is -0.610. The number of rotatable bonds is 3. The molecule has 2 saturated heterocycles. The number of halogens is 1. The van der Waals surface area contributed by atoms with Crippen molar-refractivity contribution in [3.8, 4) is 0 Å². The van der Waals surface area contributed by atoms with Crippen LogP contribution in [0.5, 0.6) is 0 Å². The van der Waals surface area contributed by atoms with Crippen molar-refractivity contribution in [2.45, 2.75) is 51.5 Å². The number of morpholine rings is 1. The number of hydrogen-bond acceptors (Lipinski definition) is 1. The Morgan fingerprint density at radius 1 is 1.09 bits per heavy atom. The van der Waals surface area contributed by atoms with Crippen molar-refractivity contribution < 1.29 is 14.5 Å². The molecule has 2 aliphatic rings. The Balaban J connectivity index is 1.51. The third-order valence-corrected chi connectivity index (χ3v) is 5.60. The molecule has 1 aromatic carbocycles. The van der Waals surface area contributed by atoms with Gasteiger partial charge in [-0.2, -0.15) is 0 Å². The first-order valence-corrected chi connectivity index (χ1v) is 9.06. The molecule has 22 heavy (non-hydrogen) atoms. The van der Waals surface area contributed by atoms with Gasteiger partial charge in [-0.1, -0.05) is 29.8 Å². The third-order valence-electron chi connectivity index (χ3n) is 5.23. The van der Waals surface area contributed by atoms with Crippen molar-refractivity contribution in [2.75, 3.05) is 26.2 Å². The van der Waals surface area contributed by atoms with Crippen LogP contribution in [0.15, 0.2) is 24.3 Å². The number of likely N-dealkylation sites (tertiary alicyclic amines) is 1. The molecule has 3 rings (SSSR count). The average molecular weight is 325 g/mol. The summed E-state index contributed by atoms with van der Waals surface area (Å²) < 4.78 is 5.88. The summed E-state index contributed by atoms with van der Waals surface area (Å²) in [5.74, 6) is 0. The van der Waals surface area contributed by atoms with Crippen LogP contribution in [0.1, 0.15) is 32.3 Å². The summed E-state index contributed by atoms with van der Waals surface area (Å²) in [4.78, 5) is 3.45. The normalized spacial score (nSPS) is 36.2. The molecule has 1 aromatic rings. The molecule has 0 aromatic heterocycles. The zero-order valence-electron chi connectivity index (χ0n) is 13.8. The van der Waals surface area contributed by atoms with Crippen molar-refractivity contribution >= 4 is 11.6 Å². The maximum Gasteiger partial charge on any atom is 0.104 e. The molecule has 0 saturated carbocycles. The fourth-order valence-electron chi connectivity index (χ4n) is 4.17. The van der Waals surface area contributed by atoms with Gasteiger partial charge >= 0.3 is 0 Å². The highest BCUT2D eigenvalue weighted by atomic mass is 35.5. The molecule has 1 unspecified atom stereocenters. The van der Waals surface area contributed by atoms with Gasteiger partial charge in [0.25, 0.3) is 0 Å². The Morgan fingerprint density at radius 2 is 1.73 bits per heavy atom. The summed E-state index contributed by atoms with van der Waals surface area (Å²) in [5, 5.41) is 0.915. The van der Waals surface area contributed by atoms with Crippen molar-refractivity contribution in [1.82, 2.24) is 0 Å². The predicted molar refractivity (Wildman–Crippen MR) is 89.6 cm³/mol. The lowest BCUT2D eigenvalue weighted by atomic mass is 10.0. The topological polar surface area (TPSA) is 18.1 Å². The first-order chi connectivity index (χ1) is 10.6. The monoisotopic (exact) mass is 324 g/mol. The van der Waals surface area contributed by atoms with Gasteiger partial charge in [-0.05, 0) is 19.9 Å². The number of hydrogen-bond donors (Lipinski definition) is 2. The summed E-state index contributed by atoms with van der Waals surface area (Å²) in [6, 6.07) is 9.09. The number of nitrogens with one attached hydrogen (secondary N) is 2. The van der Waals surface area contributed by atoms with Crippen LogP contribution in [-0.2, 0) is 11.3 Å². The molecular weight excluding hydrogens is 296 g/mol. The molecule has 0 amide bonds. The van der Waals surface area contributed by atoms with E-state index in [4.69, 9.17) is 16.3 Å². The SMILES string of the molecule is C[C@@H]1C[NH+](C2CC[NH+](Cc3ccccc3Cl)CC2)C[C@H](C)O1. The van der Waals surface area contributed by atoms with E-state index in [9.17, 15) is 0 Å². The summed E-state index contributed by atoms with van der Waals surface area (Å²) in [5.41, 5.74) is 1.29. The van der Waals surface area contributed by atoms with E-state index in [1.54, 1.807) is 9.80 Å². The van der Waals surface area contributed by atoms with E-state index in [1.165, 1.54) is 44.6 Å². The van der Waals surface area contributed by atoms with Gasteiger partial charge in [-0.3, -0.25) is 0 Å². The molecule has 0 aliphatic carbocycles. The van der Waals surface area contributed by atoms with Crippen LogP contribution in [0.3, 0.4) is 0 Å². The number of benzene rings is 1. The highest BCUT2D eigenvalue weighted by Gasteiger charge is 2.35. The maximum absolute atomic E-state index is 6.29. The second kappa shape index (κ2) is 7.31. The Labute approximate surface area is 139 Å². The van der Waals surface area contributed by atoms with Crippen LogP contribution >= 0.6 is 11.6 Å². The highest BCUT2D eigenvalue weighted by molar-refractivity contribution is 6.31. The van der Waals surface area contributed by atoms with E-state index in [-0.39, 0.29) is 0 Å². The van der Waals surface area contributed by atoms with Gasteiger partial charge in [0, 0.05) is 23.4 Å². The summed E-state index contributed by atoms with van der Waals surface area (Å²) in [7, 11) is 0. The second-order valence-electron chi connectivity index (χ2n) is 7.12. The van der Waals surface area contributed by atoms with Crippen LogP contribution in [0.25, 0.3) is 0 Å². The summed E-state index contributed by atoms with van der Waals surface area (Å²) in [6.45, 7) is 10.4. The molecule has 2 aliphatic heterocycles. The van der Waals surface area contributed by atoms with E-state index in [1.807, 2.05) is 12.1 Å². The largest absolute Gasteiger partial charge is 0.364 e. The minimum atomic E-state index is 0.409. The minimum Gasteiger partial charge on any atom is -0.364 e. The average Bonchev–Trinajstić information content (AvgIpc) is 2.49. The van der Waals surface area contributed by atoms with Gasteiger partial charge in [0.2, 0.25) is 0 Å². The fourth-order valence-corrected chi connectivity index (χ4v) is 4.37. The van der Waals surface area contributed by atoms with Crippen molar-refractivity contribution in [1.29, 1.82) is 0 Å². The van der Waals surface area contributed by atoms with Crippen LogP contribution < -0.4 is 9.80 Å². The number of piperidine rings is 1. The predicted octanol–water partition coefficient (Wildman–Crippen LogP) is 0.579. The molecule has 122 valence electrons. The van der Waals surface area contributed by atoms with Crippen molar-refractivity contribution in [3.05, 3.63) is 34.9 Å². The lowest BCUT2D eigenvalue weighted by Crippen LogP contribution is -3.22. The zero-order valence-corrected chi connectivity index (χ0v) is 14.5. The van der Waals surface area contributed by atoms with E-state index < -0.39 is 0 Å². The van der Waals surface area contributed by atoms with E-state index in [2.05, 4.69) is 26.0 Å². The zero-order chi connectivity index (χ0) is 15.5. The molecular formula is C18H29ClN2O+2. The lowest BCUT2D eigenvalue weighted by molar-refractivity contribution is -0.970. The molecule has 0 spiro atoms. The smallest absolute Gasteiger partial charge is 0.104 e. The molecule has 2 heterocycles. The van der Waals surface area contributed by atoms with Gasteiger partial charge in [-0.15, -0.1) is 0 Å². The molecule has 0 bridgehead atoms. The molecule has 2 N–H and O–H groups in total. The standard InChI is InChI=1S/C18H27ClN2O/c1-14-11-21(12-15(2)22-14)17-7-9-20(10-8-17)13-16-5-3-4-6-18(16)19/h3-6,14-15,17H,7-13H2,1-2H3/p+2/t14-,15+. The Morgan fingerprint density at radius 3 is 2.36 bits per heavy atom. The second-order valence-corrected chi connectivity index (χ2v) is 7.52. The molecule has 4 heteroatoms. The van der Waals surface area contributed by atoms with Crippen LogP contribution in [0.2, 0.25) is 5.02 Å². The van der Waals surface area contributed by atoms with E-state index in [0.29, 0.717) is 12.2 Å². The van der Waals surface area contributed by atoms with Crippen molar-refractivity contribution in [2.24, 2.45) is 0 Å². The first kappa shape index (κ1) is 16.3. The highest BCUT2D eigenvalue weighted by Crippen LogP contribution is 2.13. The Kier molecular flexibility index (Phi) is 5.40. The van der Waals surface area contributed by atoms with Gasteiger partial charge < -0.3 is 14.5 Å². The van der Waals surface area contributed by atoms with Gasteiger partial charge in [0.15, 0.2) is 0 Å². The first-order valence-electron chi connectivity index (χ1n) is 8.69. The summed E-state index contributed by atoms with van der Waals surface area (Å²) in [6.07, 6.45) is 3.47. The molecule has 2 fully saturated rings. The molecule has 3 nitrogen and oxygen atoms in total. The maximum atomic E-state index is 6.29.